The van der Waals surface area contributed by atoms with Gasteiger partial charge in [-0.1, -0.05) is 11.3 Å². The van der Waals surface area contributed by atoms with Crippen LogP contribution in [0.15, 0.2) is 52.9 Å². The first-order valence-corrected chi connectivity index (χ1v) is 10.7. The van der Waals surface area contributed by atoms with Gasteiger partial charge >= 0.3 is 0 Å². The topological polar surface area (TPSA) is 88.5 Å². The minimum absolute atomic E-state index is 0.118. The van der Waals surface area contributed by atoms with Crippen LogP contribution in [0.1, 0.15) is 27.4 Å². The number of hydrogen-bond acceptors (Lipinski definition) is 6. The Morgan fingerprint density at radius 1 is 1.03 bits per heavy atom. The zero-order valence-corrected chi connectivity index (χ0v) is 18.2. The van der Waals surface area contributed by atoms with E-state index in [2.05, 4.69) is 4.98 Å². The summed E-state index contributed by atoms with van der Waals surface area (Å²) in [6.45, 7) is 3.31. The summed E-state index contributed by atoms with van der Waals surface area (Å²) in [6.07, 6.45) is 0. The van der Waals surface area contributed by atoms with Gasteiger partial charge in [0.1, 0.15) is 23.2 Å². The van der Waals surface area contributed by atoms with Gasteiger partial charge in [0.25, 0.3) is 0 Å². The van der Waals surface area contributed by atoms with Gasteiger partial charge in [-0.2, -0.15) is 0 Å². The second-order valence-corrected chi connectivity index (χ2v) is 8.51. The molecule has 5 rings (SSSR count). The molecule has 166 valence electrons. The number of nitrogens with zero attached hydrogens (tertiary/aromatic N) is 2. The third kappa shape index (κ3) is 3.37. The number of carbonyl (C=O) groups excluding carboxylic acids is 1. The molecule has 2 N–H and O–H groups in total. The van der Waals surface area contributed by atoms with Crippen molar-refractivity contribution in [3.8, 4) is 28.0 Å². The summed E-state index contributed by atoms with van der Waals surface area (Å²) in [5, 5.41) is 21.9. The molecule has 0 aliphatic carbocycles. The Bertz CT molecular complexity index is 1550. The van der Waals surface area contributed by atoms with E-state index in [1.807, 2.05) is 0 Å². The van der Waals surface area contributed by atoms with Gasteiger partial charge in [0.2, 0.25) is 11.7 Å². The van der Waals surface area contributed by atoms with Gasteiger partial charge in [0, 0.05) is 0 Å². The van der Waals surface area contributed by atoms with Crippen molar-refractivity contribution in [2.24, 2.45) is 0 Å². The highest BCUT2D eigenvalue weighted by Gasteiger charge is 2.32. The minimum atomic E-state index is -0.650. The van der Waals surface area contributed by atoms with Crippen molar-refractivity contribution in [3.63, 3.8) is 0 Å². The molecule has 3 heterocycles. The lowest BCUT2D eigenvalue weighted by molar-refractivity contribution is 0.103. The maximum Gasteiger partial charge on any atom is 0.242 e. The van der Waals surface area contributed by atoms with Crippen LogP contribution in [0.25, 0.3) is 26.6 Å². The Labute approximate surface area is 190 Å². The lowest BCUT2D eigenvalue weighted by Gasteiger charge is -2.09. The molecule has 0 radical (unpaired) electrons. The molecule has 0 fully saturated rings. The molecular formula is C24H16F2N2O4S. The zero-order chi connectivity index (χ0) is 23.4. The summed E-state index contributed by atoms with van der Waals surface area (Å²) in [7, 11) is 0. The highest BCUT2D eigenvalue weighted by Crippen LogP contribution is 2.45. The molecule has 0 atom stereocenters. The standard InChI is InChI=1S/C24H16F2N2O4S/c1-11-9-16(12(2)32-11)21(29)19-20(13-3-5-14(25)6-4-13)28(23(31)22(19)30)24-27-17-8-7-15(26)10-18(17)33-24/h3-10,30-31H,1-2H3. The van der Waals surface area contributed by atoms with Crippen LogP contribution < -0.4 is 0 Å². The molecule has 0 unspecified atom stereocenters. The number of ketones is 1. The Balaban J connectivity index is 1.82. The largest absolute Gasteiger partial charge is 0.503 e. The summed E-state index contributed by atoms with van der Waals surface area (Å²) in [5.74, 6) is -1.92. The van der Waals surface area contributed by atoms with E-state index in [0.717, 1.165) is 11.3 Å². The number of carbonyl (C=O) groups is 1. The van der Waals surface area contributed by atoms with Gasteiger partial charge < -0.3 is 14.6 Å². The number of furan rings is 1. The van der Waals surface area contributed by atoms with Crippen molar-refractivity contribution in [1.29, 1.82) is 0 Å². The highest BCUT2D eigenvalue weighted by atomic mass is 32.1. The van der Waals surface area contributed by atoms with Crippen molar-refractivity contribution >= 4 is 27.3 Å². The Hall–Kier alpha value is -3.98. The smallest absolute Gasteiger partial charge is 0.242 e. The van der Waals surface area contributed by atoms with E-state index in [0.29, 0.717) is 27.3 Å². The van der Waals surface area contributed by atoms with Crippen molar-refractivity contribution in [3.05, 3.63) is 82.8 Å². The van der Waals surface area contributed by atoms with Gasteiger partial charge in [0.15, 0.2) is 10.9 Å². The molecule has 2 aromatic carbocycles. The van der Waals surface area contributed by atoms with E-state index in [4.69, 9.17) is 4.42 Å². The molecule has 0 amide bonds. The monoisotopic (exact) mass is 466 g/mol. The fourth-order valence-electron chi connectivity index (χ4n) is 3.80. The summed E-state index contributed by atoms with van der Waals surface area (Å²) in [6, 6.07) is 10.9. The van der Waals surface area contributed by atoms with Crippen molar-refractivity contribution in [2.45, 2.75) is 13.8 Å². The first-order chi connectivity index (χ1) is 15.7. The van der Waals surface area contributed by atoms with Crippen LogP contribution in [-0.4, -0.2) is 25.5 Å². The summed E-state index contributed by atoms with van der Waals surface area (Å²) >= 11 is 1.06. The van der Waals surface area contributed by atoms with E-state index >= 15 is 0 Å². The summed E-state index contributed by atoms with van der Waals surface area (Å²) in [5.41, 5.74) is 0.984. The number of fused-ring (bicyclic) bond motifs is 1. The summed E-state index contributed by atoms with van der Waals surface area (Å²) in [4.78, 5) is 17.9. The molecule has 6 nitrogen and oxygen atoms in total. The number of rotatable bonds is 4. The third-order valence-corrected chi connectivity index (χ3v) is 6.28. The maximum atomic E-state index is 13.7. The van der Waals surface area contributed by atoms with Crippen LogP contribution in [-0.2, 0) is 0 Å². The van der Waals surface area contributed by atoms with Crippen LogP contribution in [0.5, 0.6) is 11.6 Å². The van der Waals surface area contributed by atoms with Crippen molar-refractivity contribution in [2.75, 3.05) is 0 Å². The van der Waals surface area contributed by atoms with Gasteiger partial charge in [-0.05, 0) is 67.9 Å². The summed E-state index contributed by atoms with van der Waals surface area (Å²) < 4.78 is 34.5. The third-order valence-electron chi connectivity index (χ3n) is 5.28. The van der Waals surface area contributed by atoms with E-state index in [-0.39, 0.29) is 22.0 Å². The molecule has 0 saturated heterocycles. The SMILES string of the molecule is Cc1cc(C(=O)c2c(O)c(O)n(-c3nc4ccc(F)cc4s3)c2-c2ccc(F)cc2)c(C)o1. The first-order valence-electron chi connectivity index (χ1n) is 9.85. The van der Waals surface area contributed by atoms with Gasteiger partial charge in [0.05, 0.1) is 27.0 Å². The number of halogens is 2. The van der Waals surface area contributed by atoms with Crippen LogP contribution in [0.2, 0.25) is 0 Å². The van der Waals surface area contributed by atoms with Gasteiger partial charge in [-0.3, -0.25) is 9.36 Å². The molecule has 33 heavy (non-hydrogen) atoms. The average molecular weight is 466 g/mol. The van der Waals surface area contributed by atoms with Crippen molar-refractivity contribution < 1.29 is 28.2 Å². The van der Waals surface area contributed by atoms with Crippen LogP contribution in [0.4, 0.5) is 8.78 Å². The highest BCUT2D eigenvalue weighted by molar-refractivity contribution is 7.20. The van der Waals surface area contributed by atoms with Crippen LogP contribution in [0, 0.1) is 25.5 Å². The van der Waals surface area contributed by atoms with E-state index in [9.17, 15) is 23.8 Å². The Kier molecular flexibility index (Phi) is 4.79. The normalized spacial score (nSPS) is 11.4. The van der Waals surface area contributed by atoms with Gasteiger partial charge in [-0.15, -0.1) is 0 Å². The molecule has 0 aliphatic rings. The number of benzene rings is 2. The molecule has 3 aromatic heterocycles. The molecule has 0 spiro atoms. The molecule has 9 heteroatoms. The average Bonchev–Trinajstić information content (AvgIpc) is 3.41. The second-order valence-electron chi connectivity index (χ2n) is 7.50. The number of aryl methyl sites for hydroxylation is 2. The number of aromatic hydroxyl groups is 2. The molecule has 5 aromatic rings. The molecule has 0 aliphatic heterocycles. The first kappa shape index (κ1) is 20.9. The van der Waals surface area contributed by atoms with E-state index in [1.54, 1.807) is 19.9 Å². The zero-order valence-electron chi connectivity index (χ0n) is 17.4. The Morgan fingerprint density at radius 2 is 1.73 bits per heavy atom. The predicted octanol–water partition coefficient (Wildman–Crippen LogP) is 5.88. The van der Waals surface area contributed by atoms with E-state index in [1.165, 1.54) is 47.0 Å². The maximum absolute atomic E-state index is 13.7. The fraction of sp³-hybridized carbons (Fsp3) is 0.0833. The second kappa shape index (κ2) is 7.56. The van der Waals surface area contributed by atoms with Crippen LogP contribution >= 0.6 is 11.3 Å². The number of aromatic nitrogens is 2. The number of thiazole rings is 1. The molecular weight excluding hydrogens is 450 g/mol. The predicted molar refractivity (Wildman–Crippen MR) is 119 cm³/mol. The lowest BCUT2D eigenvalue weighted by Crippen LogP contribution is -2.05. The van der Waals surface area contributed by atoms with Gasteiger partial charge in [-0.25, -0.2) is 13.8 Å². The fourth-order valence-corrected chi connectivity index (χ4v) is 4.80. The Morgan fingerprint density at radius 3 is 2.39 bits per heavy atom. The quantitative estimate of drug-likeness (QED) is 0.323. The lowest BCUT2D eigenvalue weighted by atomic mass is 9.99. The molecule has 0 bridgehead atoms. The molecule has 0 saturated carbocycles. The number of hydrogen-bond donors (Lipinski definition) is 2. The van der Waals surface area contributed by atoms with E-state index < -0.39 is 29.0 Å². The van der Waals surface area contributed by atoms with Crippen LogP contribution in [0.3, 0.4) is 0 Å². The minimum Gasteiger partial charge on any atom is -0.503 e. The van der Waals surface area contributed by atoms with Crippen molar-refractivity contribution in [1.82, 2.24) is 9.55 Å².